The highest BCUT2D eigenvalue weighted by molar-refractivity contribution is 6.39. The average Bonchev–Trinajstić information content (AvgIpc) is 2.41. The lowest BCUT2D eigenvalue weighted by Crippen LogP contribution is -2.43. The lowest BCUT2D eigenvalue weighted by atomic mass is 10.2. The van der Waals surface area contributed by atoms with Crippen LogP contribution in [-0.4, -0.2) is 29.6 Å². The molecule has 0 aliphatic heterocycles. The van der Waals surface area contributed by atoms with Gasteiger partial charge in [0.1, 0.15) is 0 Å². The molecule has 2 amide bonds. The van der Waals surface area contributed by atoms with Gasteiger partial charge in [0.2, 0.25) is 0 Å². The summed E-state index contributed by atoms with van der Waals surface area (Å²) < 4.78 is 38.5. The molecule has 0 aliphatic carbocycles. The first-order valence-corrected chi connectivity index (χ1v) is 5.76. The summed E-state index contributed by atoms with van der Waals surface area (Å²) in [6.07, 6.45) is 0.398. The topological polar surface area (TPSA) is 78.4 Å². The molecule has 8 heteroatoms. The second-order valence-corrected chi connectivity index (χ2v) is 3.97. The number of aliphatic hydroxyl groups excluding tert-OH is 1. The van der Waals surface area contributed by atoms with Crippen molar-refractivity contribution in [2.45, 2.75) is 19.4 Å². The zero-order valence-corrected chi connectivity index (χ0v) is 10.5. The van der Waals surface area contributed by atoms with Crippen LogP contribution in [0.2, 0.25) is 0 Å². The number of amides is 2. The van der Waals surface area contributed by atoms with Crippen LogP contribution in [0.1, 0.15) is 13.3 Å². The summed E-state index contributed by atoms with van der Waals surface area (Å²) in [4.78, 5) is 22.9. The molecular weight excluding hydrogens is 277 g/mol. The highest BCUT2D eigenvalue weighted by Crippen LogP contribution is 2.17. The molecule has 20 heavy (non-hydrogen) atoms. The minimum Gasteiger partial charge on any atom is -0.394 e. The fourth-order valence-corrected chi connectivity index (χ4v) is 1.34. The third kappa shape index (κ3) is 3.95. The maximum atomic E-state index is 12.9. The van der Waals surface area contributed by atoms with E-state index in [1.165, 1.54) is 0 Å². The summed E-state index contributed by atoms with van der Waals surface area (Å²) in [5.41, 5.74) is -0.390. The molecule has 0 fully saturated rings. The van der Waals surface area contributed by atoms with Crippen LogP contribution in [0.25, 0.3) is 0 Å². The number of halogens is 3. The molecule has 1 aromatic carbocycles. The Morgan fingerprint density at radius 3 is 2.20 bits per heavy atom. The Bertz CT molecular complexity index is 496. The predicted octanol–water partition coefficient (Wildman–Crippen LogP) is 0.929. The predicted molar refractivity (Wildman–Crippen MR) is 64.3 cm³/mol. The van der Waals surface area contributed by atoms with Crippen molar-refractivity contribution in [3.63, 3.8) is 0 Å². The molecule has 1 unspecified atom stereocenters. The van der Waals surface area contributed by atoms with Gasteiger partial charge >= 0.3 is 11.8 Å². The van der Waals surface area contributed by atoms with Crippen molar-refractivity contribution >= 4 is 17.5 Å². The molecule has 5 nitrogen and oxygen atoms in total. The molecule has 1 rings (SSSR count). The Morgan fingerprint density at radius 2 is 1.75 bits per heavy atom. The lowest BCUT2D eigenvalue weighted by molar-refractivity contribution is -0.136. The molecule has 1 aromatic rings. The first-order chi connectivity index (χ1) is 9.38. The van der Waals surface area contributed by atoms with Crippen molar-refractivity contribution in [1.82, 2.24) is 5.32 Å². The largest absolute Gasteiger partial charge is 0.394 e. The van der Waals surface area contributed by atoms with E-state index in [0.29, 0.717) is 18.6 Å². The fraction of sp³-hybridized carbons (Fsp3) is 0.333. The van der Waals surface area contributed by atoms with E-state index >= 15 is 0 Å². The summed E-state index contributed by atoms with van der Waals surface area (Å²) in [6.45, 7) is 1.33. The summed E-state index contributed by atoms with van der Waals surface area (Å²) in [5, 5.41) is 13.0. The Morgan fingerprint density at radius 1 is 1.20 bits per heavy atom. The van der Waals surface area contributed by atoms with Crippen LogP contribution in [-0.2, 0) is 9.59 Å². The second kappa shape index (κ2) is 6.90. The van der Waals surface area contributed by atoms with Crippen molar-refractivity contribution in [3.05, 3.63) is 29.6 Å². The lowest BCUT2D eigenvalue weighted by Gasteiger charge is -2.13. The molecule has 1 atom stereocenters. The molecule has 0 aliphatic rings. The smallest absolute Gasteiger partial charge is 0.313 e. The number of rotatable bonds is 4. The van der Waals surface area contributed by atoms with Gasteiger partial charge in [0.25, 0.3) is 0 Å². The van der Waals surface area contributed by atoms with Gasteiger partial charge in [0, 0.05) is 17.8 Å². The minimum atomic E-state index is -1.67. The molecule has 0 saturated carbocycles. The number of anilines is 1. The van der Waals surface area contributed by atoms with E-state index in [9.17, 15) is 22.8 Å². The quantitative estimate of drug-likeness (QED) is 0.570. The second-order valence-electron chi connectivity index (χ2n) is 3.97. The Hall–Kier alpha value is -2.09. The van der Waals surface area contributed by atoms with E-state index in [2.05, 4.69) is 5.32 Å². The molecule has 0 spiro atoms. The van der Waals surface area contributed by atoms with Crippen LogP contribution in [0.3, 0.4) is 0 Å². The third-order valence-corrected chi connectivity index (χ3v) is 2.50. The van der Waals surface area contributed by atoms with Crippen molar-refractivity contribution in [2.24, 2.45) is 0 Å². The standard InChI is InChI=1S/C12H13F3N2O3/c1-2-6(5-18)16-11(19)12(20)17-7-3-8(13)10(15)9(14)4-7/h3-4,6,18H,2,5H2,1H3,(H,16,19)(H,17,20). The molecule has 0 radical (unpaired) electrons. The van der Waals surface area contributed by atoms with Crippen LogP contribution >= 0.6 is 0 Å². The SMILES string of the molecule is CCC(CO)NC(=O)C(=O)Nc1cc(F)c(F)c(F)c1. The monoisotopic (exact) mass is 290 g/mol. The molecule has 0 bridgehead atoms. The molecule has 0 heterocycles. The summed E-state index contributed by atoms with van der Waals surface area (Å²) >= 11 is 0. The van der Waals surface area contributed by atoms with E-state index in [4.69, 9.17) is 5.11 Å². The fourth-order valence-electron chi connectivity index (χ4n) is 1.34. The molecule has 3 N–H and O–H groups in total. The van der Waals surface area contributed by atoms with E-state index in [0.717, 1.165) is 0 Å². The van der Waals surface area contributed by atoms with Gasteiger partial charge in [-0.15, -0.1) is 0 Å². The maximum absolute atomic E-state index is 12.9. The molecule has 110 valence electrons. The van der Waals surface area contributed by atoms with Gasteiger partial charge in [0.15, 0.2) is 17.5 Å². The maximum Gasteiger partial charge on any atom is 0.313 e. The summed E-state index contributed by atoms with van der Waals surface area (Å²) in [7, 11) is 0. The Labute approximate surface area is 112 Å². The Balaban J connectivity index is 2.73. The number of benzene rings is 1. The number of carbonyl (C=O) groups excluding carboxylic acids is 2. The van der Waals surface area contributed by atoms with Gasteiger partial charge in [-0.1, -0.05) is 6.92 Å². The summed E-state index contributed by atoms with van der Waals surface area (Å²) in [5.74, 6) is -6.89. The van der Waals surface area contributed by atoms with E-state index in [1.807, 2.05) is 5.32 Å². The van der Waals surface area contributed by atoms with Crippen LogP contribution < -0.4 is 10.6 Å². The third-order valence-electron chi connectivity index (χ3n) is 2.50. The van der Waals surface area contributed by atoms with Crippen LogP contribution in [0.15, 0.2) is 12.1 Å². The molecule has 0 saturated heterocycles. The van der Waals surface area contributed by atoms with Gasteiger partial charge < -0.3 is 15.7 Å². The first kappa shape index (κ1) is 16.0. The molecule has 0 aromatic heterocycles. The van der Waals surface area contributed by atoms with Crippen LogP contribution in [0.4, 0.5) is 18.9 Å². The van der Waals surface area contributed by atoms with E-state index in [-0.39, 0.29) is 6.61 Å². The highest BCUT2D eigenvalue weighted by atomic mass is 19.2. The highest BCUT2D eigenvalue weighted by Gasteiger charge is 2.19. The van der Waals surface area contributed by atoms with Gasteiger partial charge in [-0.3, -0.25) is 9.59 Å². The number of hydrogen-bond acceptors (Lipinski definition) is 3. The van der Waals surface area contributed by atoms with E-state index in [1.54, 1.807) is 6.92 Å². The van der Waals surface area contributed by atoms with Gasteiger partial charge in [-0.05, 0) is 6.42 Å². The van der Waals surface area contributed by atoms with Gasteiger partial charge in [-0.25, -0.2) is 13.2 Å². The Kier molecular flexibility index (Phi) is 5.51. The van der Waals surface area contributed by atoms with Gasteiger partial charge in [-0.2, -0.15) is 0 Å². The van der Waals surface area contributed by atoms with Crippen LogP contribution in [0.5, 0.6) is 0 Å². The van der Waals surface area contributed by atoms with Crippen molar-refractivity contribution in [2.75, 3.05) is 11.9 Å². The van der Waals surface area contributed by atoms with Crippen molar-refractivity contribution in [3.8, 4) is 0 Å². The van der Waals surface area contributed by atoms with Gasteiger partial charge in [0.05, 0.1) is 12.6 Å². The van der Waals surface area contributed by atoms with E-state index < -0.39 is 41.0 Å². The number of aliphatic hydroxyl groups is 1. The zero-order valence-electron chi connectivity index (χ0n) is 10.5. The van der Waals surface area contributed by atoms with Crippen molar-refractivity contribution < 1.29 is 27.9 Å². The summed E-state index contributed by atoms with van der Waals surface area (Å²) in [6, 6.07) is 0.495. The zero-order chi connectivity index (χ0) is 15.3. The van der Waals surface area contributed by atoms with Crippen LogP contribution in [0, 0.1) is 17.5 Å². The number of hydrogen-bond donors (Lipinski definition) is 3. The van der Waals surface area contributed by atoms with Crippen molar-refractivity contribution in [1.29, 1.82) is 0 Å². The first-order valence-electron chi connectivity index (χ1n) is 5.76. The molecular formula is C12H13F3N2O3. The number of nitrogens with one attached hydrogen (secondary N) is 2. The minimum absolute atomic E-state index is 0.352. The average molecular weight is 290 g/mol. The number of carbonyl (C=O) groups is 2. The normalized spacial score (nSPS) is 11.8.